The molecule has 37 heavy (non-hydrogen) atoms. The van der Waals surface area contributed by atoms with Crippen LogP contribution in [-0.2, 0) is 4.79 Å². The fraction of sp³-hybridized carbons (Fsp3) is 0.179. The zero-order chi connectivity index (χ0) is 25.6. The molecule has 186 valence electrons. The molecule has 3 heterocycles. The van der Waals surface area contributed by atoms with Crippen LogP contribution in [0.3, 0.4) is 0 Å². The summed E-state index contributed by atoms with van der Waals surface area (Å²) in [7, 11) is 0. The zero-order valence-corrected chi connectivity index (χ0v) is 20.4. The van der Waals surface area contributed by atoms with Crippen molar-refractivity contribution in [3.8, 4) is 11.3 Å². The summed E-state index contributed by atoms with van der Waals surface area (Å²) in [6.45, 7) is 3.62. The van der Waals surface area contributed by atoms with Gasteiger partial charge in [-0.3, -0.25) is 14.6 Å². The standard InChI is InChI=1S/C28H27N7O2/c1-19(36)32-22-4-2-20(3-5-22)25-12-15-31-28(34-25)33-23-6-8-24(9-7-23)35-17-16-30-18-26(35)27(37)21-10-13-29-14-11-21/h2-15,26,30H,16-18H2,1H3,(H,32,36)(H,31,33,34). The Morgan fingerprint density at radius 3 is 2.38 bits per heavy atom. The van der Waals surface area contributed by atoms with E-state index in [2.05, 4.69) is 35.8 Å². The van der Waals surface area contributed by atoms with Crippen LogP contribution in [0.5, 0.6) is 0 Å². The number of rotatable bonds is 7. The molecule has 9 nitrogen and oxygen atoms in total. The lowest BCUT2D eigenvalue weighted by Gasteiger charge is -2.37. The molecule has 0 saturated carbocycles. The topological polar surface area (TPSA) is 112 Å². The van der Waals surface area contributed by atoms with Gasteiger partial charge in [-0.05, 0) is 54.6 Å². The minimum Gasteiger partial charge on any atom is -0.359 e. The highest BCUT2D eigenvalue weighted by Crippen LogP contribution is 2.25. The number of piperazine rings is 1. The molecular formula is C28H27N7O2. The number of benzene rings is 2. The molecule has 1 fully saturated rings. The number of carbonyl (C=O) groups is 2. The molecule has 1 amide bonds. The lowest BCUT2D eigenvalue weighted by molar-refractivity contribution is -0.114. The maximum absolute atomic E-state index is 13.1. The Balaban J connectivity index is 1.29. The first-order valence-electron chi connectivity index (χ1n) is 12.1. The quantitative estimate of drug-likeness (QED) is 0.332. The molecule has 1 aliphatic heterocycles. The van der Waals surface area contributed by atoms with E-state index in [1.807, 2.05) is 54.6 Å². The predicted molar refractivity (Wildman–Crippen MR) is 144 cm³/mol. The molecule has 1 unspecified atom stereocenters. The van der Waals surface area contributed by atoms with E-state index in [0.717, 1.165) is 41.4 Å². The lowest BCUT2D eigenvalue weighted by atomic mass is 10.0. The smallest absolute Gasteiger partial charge is 0.227 e. The third-order valence-corrected chi connectivity index (χ3v) is 6.12. The molecule has 1 aliphatic rings. The molecule has 5 rings (SSSR count). The number of hydrogen-bond donors (Lipinski definition) is 3. The molecule has 1 atom stereocenters. The van der Waals surface area contributed by atoms with Gasteiger partial charge in [0.1, 0.15) is 6.04 Å². The summed E-state index contributed by atoms with van der Waals surface area (Å²) in [6, 6.07) is 20.5. The second-order valence-electron chi connectivity index (χ2n) is 8.71. The van der Waals surface area contributed by atoms with E-state index in [4.69, 9.17) is 0 Å². The van der Waals surface area contributed by atoms with Crippen LogP contribution in [0.1, 0.15) is 17.3 Å². The minimum absolute atomic E-state index is 0.0760. The van der Waals surface area contributed by atoms with Crippen molar-refractivity contribution >= 4 is 34.7 Å². The van der Waals surface area contributed by atoms with E-state index in [1.54, 1.807) is 30.7 Å². The summed E-state index contributed by atoms with van der Waals surface area (Å²) < 4.78 is 0. The Kier molecular flexibility index (Phi) is 7.14. The summed E-state index contributed by atoms with van der Waals surface area (Å²) in [5, 5.41) is 9.35. The Bertz CT molecular complexity index is 1380. The first kappa shape index (κ1) is 24.1. The highest BCUT2D eigenvalue weighted by molar-refractivity contribution is 6.02. The van der Waals surface area contributed by atoms with E-state index in [9.17, 15) is 9.59 Å². The number of nitrogens with one attached hydrogen (secondary N) is 3. The number of hydrogen-bond acceptors (Lipinski definition) is 8. The van der Waals surface area contributed by atoms with Gasteiger partial charge in [0.15, 0.2) is 5.78 Å². The van der Waals surface area contributed by atoms with E-state index in [0.29, 0.717) is 18.1 Å². The van der Waals surface area contributed by atoms with Crippen molar-refractivity contribution in [1.82, 2.24) is 20.3 Å². The van der Waals surface area contributed by atoms with Crippen LogP contribution in [0.2, 0.25) is 0 Å². The van der Waals surface area contributed by atoms with Gasteiger partial charge in [-0.15, -0.1) is 0 Å². The third kappa shape index (κ3) is 5.79. The van der Waals surface area contributed by atoms with Crippen LogP contribution in [0, 0.1) is 0 Å². The van der Waals surface area contributed by atoms with Crippen molar-refractivity contribution in [2.45, 2.75) is 13.0 Å². The Morgan fingerprint density at radius 2 is 1.65 bits per heavy atom. The van der Waals surface area contributed by atoms with Crippen LogP contribution in [-0.4, -0.2) is 52.3 Å². The van der Waals surface area contributed by atoms with Crippen LogP contribution >= 0.6 is 0 Å². The van der Waals surface area contributed by atoms with Gasteiger partial charge in [0.2, 0.25) is 11.9 Å². The number of nitrogens with zero attached hydrogens (tertiary/aromatic N) is 4. The highest BCUT2D eigenvalue weighted by atomic mass is 16.1. The molecule has 2 aromatic carbocycles. The number of Topliss-reactive ketones (excluding diaryl/α,β-unsaturated/α-hetero) is 1. The van der Waals surface area contributed by atoms with E-state index in [1.165, 1.54) is 6.92 Å². The van der Waals surface area contributed by atoms with Gasteiger partial charge in [0.25, 0.3) is 0 Å². The average Bonchev–Trinajstić information content (AvgIpc) is 2.94. The Hall–Kier alpha value is -4.63. The SMILES string of the molecule is CC(=O)Nc1ccc(-c2ccnc(Nc3ccc(N4CCNCC4C(=O)c4ccncc4)cc3)n2)cc1. The largest absolute Gasteiger partial charge is 0.359 e. The van der Waals surface area contributed by atoms with Gasteiger partial charge < -0.3 is 20.9 Å². The van der Waals surface area contributed by atoms with E-state index >= 15 is 0 Å². The van der Waals surface area contributed by atoms with Crippen molar-refractivity contribution in [2.24, 2.45) is 0 Å². The number of carbonyl (C=O) groups excluding carboxylic acids is 2. The molecule has 1 saturated heterocycles. The zero-order valence-electron chi connectivity index (χ0n) is 20.4. The molecule has 4 aromatic rings. The summed E-state index contributed by atoms with van der Waals surface area (Å²) in [5.74, 6) is 0.441. The van der Waals surface area contributed by atoms with Crippen LogP contribution < -0.4 is 20.9 Å². The number of aromatic nitrogens is 3. The molecule has 2 aromatic heterocycles. The van der Waals surface area contributed by atoms with Crippen molar-refractivity contribution < 1.29 is 9.59 Å². The number of pyridine rings is 1. The predicted octanol–water partition coefficient (Wildman–Crippen LogP) is 3.90. The first-order chi connectivity index (χ1) is 18.1. The highest BCUT2D eigenvalue weighted by Gasteiger charge is 2.29. The second-order valence-corrected chi connectivity index (χ2v) is 8.71. The third-order valence-electron chi connectivity index (χ3n) is 6.12. The van der Waals surface area contributed by atoms with Gasteiger partial charge in [0, 0.05) is 73.3 Å². The fourth-order valence-electron chi connectivity index (χ4n) is 4.33. The molecule has 0 bridgehead atoms. The minimum atomic E-state index is -0.285. The summed E-state index contributed by atoms with van der Waals surface area (Å²) in [4.78, 5) is 39.5. The van der Waals surface area contributed by atoms with Crippen molar-refractivity contribution in [3.63, 3.8) is 0 Å². The maximum Gasteiger partial charge on any atom is 0.227 e. The van der Waals surface area contributed by atoms with Crippen LogP contribution in [0.4, 0.5) is 23.0 Å². The summed E-state index contributed by atoms with van der Waals surface area (Å²) in [5.41, 5.74) is 4.90. The normalized spacial score (nSPS) is 15.2. The monoisotopic (exact) mass is 493 g/mol. The fourth-order valence-corrected chi connectivity index (χ4v) is 4.33. The van der Waals surface area contributed by atoms with Gasteiger partial charge in [-0.2, -0.15) is 0 Å². The molecule has 9 heteroatoms. The molecular weight excluding hydrogens is 466 g/mol. The Morgan fingerprint density at radius 1 is 0.919 bits per heavy atom. The second kappa shape index (κ2) is 11.0. The summed E-state index contributed by atoms with van der Waals surface area (Å²) >= 11 is 0. The van der Waals surface area contributed by atoms with Crippen molar-refractivity contribution in [1.29, 1.82) is 0 Å². The molecule has 0 radical (unpaired) electrons. The average molecular weight is 494 g/mol. The molecule has 3 N–H and O–H groups in total. The van der Waals surface area contributed by atoms with Gasteiger partial charge in [-0.25, -0.2) is 9.97 Å². The van der Waals surface area contributed by atoms with Crippen molar-refractivity contribution in [2.75, 3.05) is 35.2 Å². The van der Waals surface area contributed by atoms with Gasteiger partial charge in [0.05, 0.1) is 5.69 Å². The Labute approximate surface area is 215 Å². The lowest BCUT2D eigenvalue weighted by Crippen LogP contribution is -2.55. The van der Waals surface area contributed by atoms with Crippen LogP contribution in [0.25, 0.3) is 11.3 Å². The van der Waals surface area contributed by atoms with Crippen LogP contribution in [0.15, 0.2) is 85.3 Å². The summed E-state index contributed by atoms with van der Waals surface area (Å²) in [6.07, 6.45) is 5.00. The van der Waals surface area contributed by atoms with Crippen molar-refractivity contribution in [3.05, 3.63) is 90.9 Å². The van der Waals surface area contributed by atoms with E-state index < -0.39 is 0 Å². The number of anilines is 4. The number of amides is 1. The maximum atomic E-state index is 13.1. The van der Waals surface area contributed by atoms with Gasteiger partial charge in [-0.1, -0.05) is 12.1 Å². The molecule has 0 spiro atoms. The molecule has 0 aliphatic carbocycles. The first-order valence-corrected chi connectivity index (χ1v) is 12.1. The number of ketones is 1. The van der Waals surface area contributed by atoms with E-state index in [-0.39, 0.29) is 17.7 Å². The van der Waals surface area contributed by atoms with Gasteiger partial charge >= 0.3 is 0 Å².